The van der Waals surface area contributed by atoms with Crippen LogP contribution in [-0.2, 0) is 16.6 Å². The third kappa shape index (κ3) is 5.41. The van der Waals surface area contributed by atoms with Crippen molar-refractivity contribution in [2.24, 2.45) is 0 Å². The van der Waals surface area contributed by atoms with Crippen molar-refractivity contribution in [3.05, 3.63) is 65.7 Å². The van der Waals surface area contributed by atoms with Gasteiger partial charge in [-0.05, 0) is 50.6 Å². The van der Waals surface area contributed by atoms with Crippen LogP contribution in [0.15, 0.2) is 59.5 Å². The van der Waals surface area contributed by atoms with Gasteiger partial charge in [-0.1, -0.05) is 36.4 Å². The monoisotopic (exact) mass is 401 g/mol. The number of nitrogens with zero attached hydrogens (tertiary/aromatic N) is 1. The molecule has 150 valence electrons. The SMILES string of the molecule is CC(CNC(=O)c1cccc(S(=O)(=O)NCc2ccccc2)c1)N(C)C1CC1. The second kappa shape index (κ2) is 8.86. The number of amides is 1. The molecule has 2 aromatic rings. The number of carbonyl (C=O) groups is 1. The zero-order chi connectivity index (χ0) is 20.1. The average Bonchev–Trinajstić information content (AvgIpc) is 3.56. The zero-order valence-electron chi connectivity index (χ0n) is 16.3. The largest absolute Gasteiger partial charge is 0.350 e. The molecule has 28 heavy (non-hydrogen) atoms. The molecule has 1 aliphatic carbocycles. The standard InChI is InChI=1S/C21H27N3O3S/c1-16(24(2)19-11-12-19)14-22-21(25)18-9-6-10-20(13-18)28(26,27)23-15-17-7-4-3-5-8-17/h3-10,13,16,19,23H,11-12,14-15H2,1-2H3,(H,22,25). The first-order valence-corrected chi connectivity index (χ1v) is 11.0. The van der Waals surface area contributed by atoms with Crippen LogP contribution in [0.25, 0.3) is 0 Å². The van der Waals surface area contributed by atoms with E-state index in [0.29, 0.717) is 18.2 Å². The first-order chi connectivity index (χ1) is 13.4. The van der Waals surface area contributed by atoms with Crippen molar-refractivity contribution >= 4 is 15.9 Å². The molecule has 0 spiro atoms. The zero-order valence-corrected chi connectivity index (χ0v) is 17.1. The van der Waals surface area contributed by atoms with Crippen molar-refractivity contribution in [2.45, 2.75) is 43.3 Å². The lowest BCUT2D eigenvalue weighted by atomic mass is 10.2. The Bertz CT molecular complexity index is 912. The lowest BCUT2D eigenvalue weighted by molar-refractivity contribution is 0.0939. The van der Waals surface area contributed by atoms with Crippen LogP contribution < -0.4 is 10.0 Å². The Hall–Kier alpha value is -2.22. The van der Waals surface area contributed by atoms with Crippen LogP contribution in [0.5, 0.6) is 0 Å². The molecule has 0 bridgehead atoms. The van der Waals surface area contributed by atoms with Crippen LogP contribution in [-0.4, -0.2) is 44.9 Å². The van der Waals surface area contributed by atoms with Crippen LogP contribution in [0.2, 0.25) is 0 Å². The van der Waals surface area contributed by atoms with Gasteiger partial charge in [-0.25, -0.2) is 13.1 Å². The highest BCUT2D eigenvalue weighted by atomic mass is 32.2. The van der Waals surface area contributed by atoms with Gasteiger partial charge in [-0.3, -0.25) is 9.69 Å². The maximum Gasteiger partial charge on any atom is 0.251 e. The Morgan fingerprint density at radius 3 is 2.54 bits per heavy atom. The topological polar surface area (TPSA) is 78.5 Å². The molecule has 7 heteroatoms. The maximum atomic E-state index is 12.6. The number of benzene rings is 2. The van der Waals surface area contributed by atoms with E-state index in [0.717, 1.165) is 5.56 Å². The van der Waals surface area contributed by atoms with Crippen LogP contribution in [0.3, 0.4) is 0 Å². The molecule has 1 amide bonds. The summed E-state index contributed by atoms with van der Waals surface area (Å²) in [5, 5.41) is 2.90. The smallest absolute Gasteiger partial charge is 0.251 e. The van der Waals surface area contributed by atoms with Gasteiger partial charge in [0.1, 0.15) is 0 Å². The summed E-state index contributed by atoms with van der Waals surface area (Å²) >= 11 is 0. The van der Waals surface area contributed by atoms with E-state index in [9.17, 15) is 13.2 Å². The van der Waals surface area contributed by atoms with E-state index >= 15 is 0 Å². The highest BCUT2D eigenvalue weighted by molar-refractivity contribution is 7.89. The van der Waals surface area contributed by atoms with Crippen molar-refractivity contribution in [1.82, 2.24) is 14.9 Å². The Morgan fingerprint density at radius 2 is 1.86 bits per heavy atom. The molecular weight excluding hydrogens is 374 g/mol. The van der Waals surface area contributed by atoms with Gasteiger partial charge in [0.25, 0.3) is 5.91 Å². The summed E-state index contributed by atoms with van der Waals surface area (Å²) in [6.45, 7) is 2.80. The molecule has 2 aromatic carbocycles. The number of hydrogen-bond acceptors (Lipinski definition) is 4. The van der Waals surface area contributed by atoms with E-state index in [1.54, 1.807) is 12.1 Å². The van der Waals surface area contributed by atoms with Gasteiger partial charge >= 0.3 is 0 Å². The third-order valence-electron chi connectivity index (χ3n) is 5.09. The van der Waals surface area contributed by atoms with Gasteiger partial charge in [0.2, 0.25) is 10.0 Å². The van der Waals surface area contributed by atoms with Crippen molar-refractivity contribution in [2.75, 3.05) is 13.6 Å². The molecule has 3 rings (SSSR count). The van der Waals surface area contributed by atoms with Crippen molar-refractivity contribution in [1.29, 1.82) is 0 Å². The molecule has 0 saturated heterocycles. The van der Waals surface area contributed by atoms with Crippen molar-refractivity contribution < 1.29 is 13.2 Å². The fourth-order valence-electron chi connectivity index (χ4n) is 2.99. The van der Waals surface area contributed by atoms with Crippen molar-refractivity contribution in [3.63, 3.8) is 0 Å². The summed E-state index contributed by atoms with van der Waals surface area (Å²) < 4.78 is 27.7. The molecule has 6 nitrogen and oxygen atoms in total. The molecule has 1 atom stereocenters. The number of carbonyl (C=O) groups excluding carboxylic acids is 1. The van der Waals surface area contributed by atoms with Crippen LogP contribution in [0.1, 0.15) is 35.7 Å². The highest BCUT2D eigenvalue weighted by Crippen LogP contribution is 2.26. The molecular formula is C21H27N3O3S. The minimum absolute atomic E-state index is 0.0826. The molecule has 0 heterocycles. The summed E-state index contributed by atoms with van der Waals surface area (Å²) in [7, 11) is -1.63. The average molecular weight is 402 g/mol. The predicted molar refractivity (Wildman–Crippen MR) is 109 cm³/mol. The Morgan fingerprint density at radius 1 is 1.14 bits per heavy atom. The first kappa shape index (κ1) is 20.5. The second-order valence-corrected chi connectivity index (χ2v) is 9.06. The molecule has 0 aromatic heterocycles. The number of sulfonamides is 1. The van der Waals surface area contributed by atoms with Crippen molar-refractivity contribution in [3.8, 4) is 0 Å². The number of hydrogen-bond donors (Lipinski definition) is 2. The quantitative estimate of drug-likeness (QED) is 0.676. The lowest BCUT2D eigenvalue weighted by Crippen LogP contribution is -2.41. The second-order valence-electron chi connectivity index (χ2n) is 7.29. The van der Waals surface area contributed by atoms with Crippen LogP contribution in [0.4, 0.5) is 0 Å². The van der Waals surface area contributed by atoms with E-state index in [2.05, 4.69) is 28.9 Å². The number of rotatable bonds is 9. The summed E-state index contributed by atoms with van der Waals surface area (Å²) in [4.78, 5) is 14.8. The summed E-state index contributed by atoms with van der Waals surface area (Å²) in [5.74, 6) is -0.267. The lowest BCUT2D eigenvalue weighted by Gasteiger charge is -2.24. The molecule has 1 aliphatic rings. The van der Waals surface area contributed by atoms with E-state index in [1.807, 2.05) is 30.3 Å². The third-order valence-corrected chi connectivity index (χ3v) is 6.49. The predicted octanol–water partition coefficient (Wildman–Crippen LogP) is 2.38. The molecule has 1 fully saturated rings. The van der Waals surface area contributed by atoms with Gasteiger partial charge < -0.3 is 5.32 Å². The minimum Gasteiger partial charge on any atom is -0.350 e. The van der Waals surface area contributed by atoms with E-state index < -0.39 is 10.0 Å². The highest BCUT2D eigenvalue weighted by Gasteiger charge is 2.29. The Balaban J connectivity index is 1.61. The molecule has 1 saturated carbocycles. The van der Waals surface area contributed by atoms with Gasteiger partial charge in [0.05, 0.1) is 4.90 Å². The maximum absolute atomic E-state index is 12.6. The first-order valence-electron chi connectivity index (χ1n) is 9.50. The van der Waals surface area contributed by atoms with E-state index in [4.69, 9.17) is 0 Å². The summed E-state index contributed by atoms with van der Waals surface area (Å²) in [5.41, 5.74) is 1.21. The fourth-order valence-corrected chi connectivity index (χ4v) is 4.05. The number of likely N-dealkylation sites (N-methyl/N-ethyl adjacent to an activating group) is 1. The molecule has 2 N–H and O–H groups in total. The van der Waals surface area contributed by atoms with Crippen LogP contribution in [0, 0.1) is 0 Å². The number of nitrogens with one attached hydrogen (secondary N) is 2. The van der Waals surface area contributed by atoms with Gasteiger partial charge in [-0.15, -0.1) is 0 Å². The van der Waals surface area contributed by atoms with Gasteiger partial charge in [-0.2, -0.15) is 0 Å². The Kier molecular flexibility index (Phi) is 6.49. The van der Waals surface area contributed by atoms with Gasteiger partial charge in [0.15, 0.2) is 0 Å². The fraction of sp³-hybridized carbons (Fsp3) is 0.381. The summed E-state index contributed by atoms with van der Waals surface area (Å²) in [6.07, 6.45) is 2.43. The molecule has 1 unspecified atom stereocenters. The minimum atomic E-state index is -3.70. The molecule has 0 radical (unpaired) electrons. The van der Waals surface area contributed by atoms with E-state index in [-0.39, 0.29) is 23.4 Å². The van der Waals surface area contributed by atoms with E-state index in [1.165, 1.54) is 25.0 Å². The molecule has 0 aliphatic heterocycles. The normalized spacial score (nSPS) is 15.4. The Labute approximate surface area is 167 Å². The summed E-state index contributed by atoms with van der Waals surface area (Å²) in [6, 6.07) is 16.3. The van der Waals surface area contributed by atoms with Crippen LogP contribution >= 0.6 is 0 Å². The van der Waals surface area contributed by atoms with Gasteiger partial charge in [0, 0.05) is 30.7 Å².